The molecule has 2 N–H and O–H groups in total. The van der Waals surface area contributed by atoms with Crippen molar-refractivity contribution >= 4 is 23.0 Å². The van der Waals surface area contributed by atoms with Crippen LogP contribution in [0.2, 0.25) is 0 Å². The minimum absolute atomic E-state index is 0.105. The molecule has 1 aromatic heterocycles. The van der Waals surface area contributed by atoms with Crippen LogP contribution in [0.15, 0.2) is 54.7 Å². The van der Waals surface area contributed by atoms with Gasteiger partial charge in [0.05, 0.1) is 5.69 Å². The summed E-state index contributed by atoms with van der Waals surface area (Å²) in [6.45, 7) is 4.02. The van der Waals surface area contributed by atoms with Crippen LogP contribution >= 0.6 is 0 Å². The van der Waals surface area contributed by atoms with E-state index in [9.17, 15) is 13.6 Å². The molecule has 0 saturated heterocycles. The molecule has 3 rings (SSSR count). The molecule has 26 heavy (non-hydrogen) atoms. The fourth-order valence-electron chi connectivity index (χ4n) is 2.45. The lowest BCUT2D eigenvalue weighted by Crippen LogP contribution is -2.15. The molecule has 0 radical (unpaired) electrons. The summed E-state index contributed by atoms with van der Waals surface area (Å²) in [7, 11) is 0. The topological polar surface area (TPSA) is 54.0 Å². The monoisotopic (exact) mass is 353 g/mol. The molecule has 6 heteroatoms. The molecular formula is C20H17F2N3O. The summed E-state index contributed by atoms with van der Waals surface area (Å²) in [5.74, 6) is -2.14. The number of pyridine rings is 1. The Kier molecular flexibility index (Phi) is 4.93. The van der Waals surface area contributed by atoms with Crippen molar-refractivity contribution in [3.63, 3.8) is 0 Å². The highest BCUT2D eigenvalue weighted by Crippen LogP contribution is 2.23. The Bertz CT molecular complexity index is 973. The van der Waals surface area contributed by atoms with E-state index in [2.05, 4.69) is 15.6 Å². The Hall–Kier alpha value is -3.28. The standard InChI is InChI=1S/C20H17F2N3O/c1-12-4-3-5-17(13(12)2)24-15-8-9-23-19(11-15)20(26)25-18-7-6-14(21)10-16(18)22/h3-11H,1-2H3,(H,23,24)(H,25,26). The van der Waals surface area contributed by atoms with E-state index in [1.807, 2.05) is 32.0 Å². The zero-order valence-corrected chi connectivity index (χ0v) is 14.3. The van der Waals surface area contributed by atoms with Gasteiger partial charge in [-0.3, -0.25) is 9.78 Å². The van der Waals surface area contributed by atoms with Crippen molar-refractivity contribution in [3.8, 4) is 0 Å². The molecule has 0 spiro atoms. The maximum atomic E-state index is 13.7. The van der Waals surface area contributed by atoms with Gasteiger partial charge >= 0.3 is 0 Å². The van der Waals surface area contributed by atoms with Crippen LogP contribution in [0.25, 0.3) is 0 Å². The lowest BCUT2D eigenvalue weighted by molar-refractivity contribution is 0.102. The van der Waals surface area contributed by atoms with Gasteiger partial charge in [-0.15, -0.1) is 0 Å². The molecule has 0 aliphatic heterocycles. The SMILES string of the molecule is Cc1cccc(Nc2ccnc(C(=O)Nc3ccc(F)cc3F)c2)c1C. The number of carbonyl (C=O) groups excluding carboxylic acids is 1. The number of halogens is 2. The van der Waals surface area contributed by atoms with Crippen LogP contribution in [-0.2, 0) is 0 Å². The zero-order chi connectivity index (χ0) is 18.7. The van der Waals surface area contributed by atoms with E-state index in [1.165, 1.54) is 12.3 Å². The number of benzene rings is 2. The van der Waals surface area contributed by atoms with Crippen molar-refractivity contribution in [2.24, 2.45) is 0 Å². The van der Waals surface area contributed by atoms with Gasteiger partial charge in [-0.1, -0.05) is 12.1 Å². The summed E-state index contributed by atoms with van der Waals surface area (Å²) < 4.78 is 26.6. The van der Waals surface area contributed by atoms with Crippen LogP contribution < -0.4 is 10.6 Å². The number of aromatic nitrogens is 1. The number of carbonyl (C=O) groups is 1. The average Bonchev–Trinajstić information content (AvgIpc) is 2.61. The van der Waals surface area contributed by atoms with E-state index in [1.54, 1.807) is 12.1 Å². The highest BCUT2D eigenvalue weighted by molar-refractivity contribution is 6.03. The van der Waals surface area contributed by atoms with E-state index in [-0.39, 0.29) is 11.4 Å². The summed E-state index contributed by atoms with van der Waals surface area (Å²) in [6.07, 6.45) is 1.49. The second kappa shape index (κ2) is 7.31. The first-order chi connectivity index (χ1) is 12.4. The van der Waals surface area contributed by atoms with Gasteiger partial charge < -0.3 is 10.6 Å². The molecule has 132 valence electrons. The molecular weight excluding hydrogens is 336 g/mol. The summed E-state index contributed by atoms with van der Waals surface area (Å²) >= 11 is 0. The molecule has 0 saturated carbocycles. The number of aryl methyl sites for hydroxylation is 1. The van der Waals surface area contributed by atoms with Crippen LogP contribution in [0.4, 0.5) is 25.8 Å². The molecule has 4 nitrogen and oxygen atoms in total. The van der Waals surface area contributed by atoms with E-state index in [4.69, 9.17) is 0 Å². The average molecular weight is 353 g/mol. The lowest BCUT2D eigenvalue weighted by atomic mass is 10.1. The minimum Gasteiger partial charge on any atom is -0.355 e. The van der Waals surface area contributed by atoms with Gasteiger partial charge in [0.2, 0.25) is 0 Å². The molecule has 0 atom stereocenters. The third-order valence-corrected chi connectivity index (χ3v) is 4.06. The maximum Gasteiger partial charge on any atom is 0.274 e. The zero-order valence-electron chi connectivity index (χ0n) is 14.3. The predicted octanol–water partition coefficient (Wildman–Crippen LogP) is 4.97. The number of amides is 1. The predicted molar refractivity (Wildman–Crippen MR) is 97.7 cm³/mol. The molecule has 3 aromatic rings. The second-order valence-corrected chi connectivity index (χ2v) is 5.88. The quantitative estimate of drug-likeness (QED) is 0.696. The Morgan fingerprint density at radius 3 is 2.58 bits per heavy atom. The van der Waals surface area contributed by atoms with Crippen molar-refractivity contribution in [2.75, 3.05) is 10.6 Å². The number of anilines is 3. The molecule has 0 fully saturated rings. The summed E-state index contributed by atoms with van der Waals surface area (Å²) in [4.78, 5) is 16.3. The van der Waals surface area contributed by atoms with E-state index < -0.39 is 17.5 Å². The first-order valence-corrected chi connectivity index (χ1v) is 8.00. The van der Waals surface area contributed by atoms with Gasteiger partial charge in [-0.25, -0.2) is 8.78 Å². The first-order valence-electron chi connectivity index (χ1n) is 8.00. The van der Waals surface area contributed by atoms with Crippen LogP contribution in [0.3, 0.4) is 0 Å². The summed E-state index contributed by atoms with van der Waals surface area (Å²) in [5, 5.41) is 5.64. The number of hydrogen-bond donors (Lipinski definition) is 2. The number of hydrogen-bond acceptors (Lipinski definition) is 3. The van der Waals surface area contributed by atoms with Gasteiger partial charge in [0.15, 0.2) is 0 Å². The third kappa shape index (κ3) is 3.85. The number of nitrogens with one attached hydrogen (secondary N) is 2. The summed E-state index contributed by atoms with van der Waals surface area (Å²) in [6, 6.07) is 12.2. The van der Waals surface area contributed by atoms with E-state index >= 15 is 0 Å². The van der Waals surface area contributed by atoms with Crippen molar-refractivity contribution in [3.05, 3.63) is 83.2 Å². The maximum absolute atomic E-state index is 13.7. The minimum atomic E-state index is -0.844. The van der Waals surface area contributed by atoms with Gasteiger partial charge in [0.25, 0.3) is 5.91 Å². The fourth-order valence-corrected chi connectivity index (χ4v) is 2.45. The van der Waals surface area contributed by atoms with Crippen molar-refractivity contribution in [1.29, 1.82) is 0 Å². The van der Waals surface area contributed by atoms with Crippen LogP contribution in [0.1, 0.15) is 21.6 Å². The van der Waals surface area contributed by atoms with Crippen molar-refractivity contribution in [2.45, 2.75) is 13.8 Å². The number of rotatable bonds is 4. The molecule has 0 unspecified atom stereocenters. The third-order valence-electron chi connectivity index (χ3n) is 4.06. The Balaban J connectivity index is 1.80. The second-order valence-electron chi connectivity index (χ2n) is 5.88. The Labute approximate surface area is 149 Å². The molecule has 1 amide bonds. The number of nitrogens with zero attached hydrogens (tertiary/aromatic N) is 1. The van der Waals surface area contributed by atoms with Crippen LogP contribution in [0, 0.1) is 25.5 Å². The summed E-state index contributed by atoms with van der Waals surface area (Å²) in [5.41, 5.74) is 3.86. The first kappa shape index (κ1) is 17.5. The van der Waals surface area contributed by atoms with Crippen molar-refractivity contribution in [1.82, 2.24) is 4.98 Å². The van der Waals surface area contributed by atoms with Gasteiger partial charge in [0.1, 0.15) is 17.3 Å². The van der Waals surface area contributed by atoms with Gasteiger partial charge in [-0.2, -0.15) is 0 Å². The molecule has 2 aromatic carbocycles. The van der Waals surface area contributed by atoms with Gasteiger partial charge in [-0.05, 0) is 55.3 Å². The highest BCUT2D eigenvalue weighted by Gasteiger charge is 2.12. The molecule has 1 heterocycles. The molecule has 0 aliphatic carbocycles. The smallest absolute Gasteiger partial charge is 0.274 e. The Morgan fingerprint density at radius 1 is 1.00 bits per heavy atom. The van der Waals surface area contributed by atoms with Gasteiger partial charge in [0, 0.05) is 23.6 Å². The lowest BCUT2D eigenvalue weighted by Gasteiger charge is -2.12. The van der Waals surface area contributed by atoms with E-state index in [0.717, 1.165) is 22.9 Å². The van der Waals surface area contributed by atoms with Crippen molar-refractivity contribution < 1.29 is 13.6 Å². The molecule has 0 aliphatic rings. The van der Waals surface area contributed by atoms with Crippen LogP contribution in [-0.4, -0.2) is 10.9 Å². The van der Waals surface area contributed by atoms with E-state index in [0.29, 0.717) is 11.8 Å². The highest BCUT2D eigenvalue weighted by atomic mass is 19.1. The fraction of sp³-hybridized carbons (Fsp3) is 0.100. The molecule has 0 bridgehead atoms. The largest absolute Gasteiger partial charge is 0.355 e. The van der Waals surface area contributed by atoms with Crippen LogP contribution in [0.5, 0.6) is 0 Å². The normalized spacial score (nSPS) is 10.5. The Morgan fingerprint density at radius 2 is 1.81 bits per heavy atom.